The maximum Gasteiger partial charge on any atom is 0.0343 e. The Morgan fingerprint density at radius 1 is 1.50 bits per heavy atom. The van der Waals surface area contributed by atoms with E-state index >= 15 is 0 Å². The van der Waals surface area contributed by atoms with Gasteiger partial charge in [0.15, 0.2) is 0 Å². The summed E-state index contributed by atoms with van der Waals surface area (Å²) in [4.78, 5) is 0. The number of hydrogen-bond donors (Lipinski definition) is 2. The molecule has 1 unspecified atom stereocenters. The minimum Gasteiger partial charge on any atom is -0.385 e. The summed E-state index contributed by atoms with van der Waals surface area (Å²) in [5, 5.41) is 6.99. The van der Waals surface area contributed by atoms with Crippen molar-refractivity contribution >= 4 is 21.6 Å². The van der Waals surface area contributed by atoms with Crippen molar-refractivity contribution < 1.29 is 0 Å². The van der Waals surface area contributed by atoms with Crippen LogP contribution in [0, 0.1) is 6.92 Å². The highest BCUT2D eigenvalue weighted by atomic mass is 79.9. The first-order valence-electron chi connectivity index (χ1n) is 5.99. The summed E-state index contributed by atoms with van der Waals surface area (Å²) in [6, 6.07) is 7.14. The lowest BCUT2D eigenvalue weighted by Crippen LogP contribution is -2.24. The van der Waals surface area contributed by atoms with Crippen molar-refractivity contribution in [3.05, 3.63) is 28.2 Å². The molecule has 0 saturated carbocycles. The quantitative estimate of drug-likeness (QED) is 0.886. The standard InChI is InChI=1S/C13H19BrN2/c1-10-9-12(4-5-13(10)14)16-8-6-11-3-2-7-15-11/h4-5,9,11,15-16H,2-3,6-8H2,1H3. The predicted molar refractivity (Wildman–Crippen MR) is 73.0 cm³/mol. The molecule has 0 bridgehead atoms. The molecule has 0 aromatic heterocycles. The zero-order chi connectivity index (χ0) is 11.4. The fraction of sp³-hybridized carbons (Fsp3) is 0.538. The Labute approximate surface area is 106 Å². The third-order valence-electron chi connectivity index (χ3n) is 3.14. The van der Waals surface area contributed by atoms with Gasteiger partial charge < -0.3 is 10.6 Å². The third kappa shape index (κ3) is 3.22. The van der Waals surface area contributed by atoms with Gasteiger partial charge in [0, 0.05) is 22.7 Å². The minimum atomic E-state index is 0.726. The number of benzene rings is 1. The molecule has 88 valence electrons. The molecule has 0 radical (unpaired) electrons. The lowest BCUT2D eigenvalue weighted by molar-refractivity contribution is 0.574. The van der Waals surface area contributed by atoms with Crippen molar-refractivity contribution in [3.63, 3.8) is 0 Å². The molecule has 2 rings (SSSR count). The van der Waals surface area contributed by atoms with Gasteiger partial charge in [-0.15, -0.1) is 0 Å². The summed E-state index contributed by atoms with van der Waals surface area (Å²) in [6.45, 7) is 4.37. The normalized spacial score (nSPS) is 20.0. The van der Waals surface area contributed by atoms with Crippen LogP contribution in [-0.4, -0.2) is 19.1 Å². The van der Waals surface area contributed by atoms with E-state index in [1.807, 2.05) is 0 Å². The van der Waals surface area contributed by atoms with Crippen LogP contribution in [0.5, 0.6) is 0 Å². The van der Waals surface area contributed by atoms with Gasteiger partial charge in [-0.3, -0.25) is 0 Å². The van der Waals surface area contributed by atoms with Crippen LogP contribution in [0.15, 0.2) is 22.7 Å². The Morgan fingerprint density at radius 2 is 2.38 bits per heavy atom. The first-order chi connectivity index (χ1) is 7.75. The highest BCUT2D eigenvalue weighted by molar-refractivity contribution is 9.10. The first kappa shape index (κ1) is 11.9. The third-order valence-corrected chi connectivity index (χ3v) is 4.03. The summed E-state index contributed by atoms with van der Waals surface area (Å²) < 4.78 is 1.18. The Bertz CT molecular complexity index is 346. The van der Waals surface area contributed by atoms with Crippen LogP contribution in [0.2, 0.25) is 0 Å². The number of aryl methyl sites for hydroxylation is 1. The molecule has 1 saturated heterocycles. The second kappa shape index (κ2) is 5.69. The van der Waals surface area contributed by atoms with Crippen LogP contribution in [-0.2, 0) is 0 Å². The van der Waals surface area contributed by atoms with E-state index < -0.39 is 0 Å². The second-order valence-electron chi connectivity index (χ2n) is 4.47. The van der Waals surface area contributed by atoms with E-state index in [1.54, 1.807) is 0 Å². The molecule has 1 heterocycles. The molecule has 2 nitrogen and oxygen atoms in total. The van der Waals surface area contributed by atoms with Gasteiger partial charge in [0.05, 0.1) is 0 Å². The van der Waals surface area contributed by atoms with Crippen LogP contribution >= 0.6 is 15.9 Å². The monoisotopic (exact) mass is 282 g/mol. The molecule has 1 aliphatic rings. The van der Waals surface area contributed by atoms with Gasteiger partial charge >= 0.3 is 0 Å². The molecule has 0 aliphatic carbocycles. The number of hydrogen-bond acceptors (Lipinski definition) is 2. The van der Waals surface area contributed by atoms with Crippen LogP contribution in [0.25, 0.3) is 0 Å². The maximum absolute atomic E-state index is 3.52. The van der Waals surface area contributed by atoms with Crippen molar-refractivity contribution in [1.82, 2.24) is 5.32 Å². The topological polar surface area (TPSA) is 24.1 Å². The van der Waals surface area contributed by atoms with Gasteiger partial charge in [-0.25, -0.2) is 0 Å². The zero-order valence-electron chi connectivity index (χ0n) is 9.72. The highest BCUT2D eigenvalue weighted by Gasteiger charge is 2.12. The summed E-state index contributed by atoms with van der Waals surface area (Å²) in [5.74, 6) is 0. The van der Waals surface area contributed by atoms with Gasteiger partial charge in [-0.2, -0.15) is 0 Å². The average molecular weight is 283 g/mol. The van der Waals surface area contributed by atoms with Gasteiger partial charge in [0.2, 0.25) is 0 Å². The molecular weight excluding hydrogens is 264 g/mol. The van der Waals surface area contributed by atoms with E-state index in [4.69, 9.17) is 0 Å². The van der Waals surface area contributed by atoms with E-state index in [2.05, 4.69) is 51.7 Å². The Hall–Kier alpha value is -0.540. The molecule has 0 amide bonds. The van der Waals surface area contributed by atoms with Crippen LogP contribution in [0.1, 0.15) is 24.8 Å². The number of rotatable bonds is 4. The molecule has 16 heavy (non-hydrogen) atoms. The van der Waals surface area contributed by atoms with Crippen molar-refractivity contribution in [1.29, 1.82) is 0 Å². The molecule has 1 atom stereocenters. The van der Waals surface area contributed by atoms with E-state index in [0.29, 0.717) is 0 Å². The fourth-order valence-electron chi connectivity index (χ4n) is 2.15. The van der Waals surface area contributed by atoms with Crippen LogP contribution < -0.4 is 10.6 Å². The molecule has 3 heteroatoms. The maximum atomic E-state index is 3.52. The van der Waals surface area contributed by atoms with Gasteiger partial charge in [0.1, 0.15) is 0 Å². The smallest absolute Gasteiger partial charge is 0.0343 e. The van der Waals surface area contributed by atoms with E-state index in [0.717, 1.165) is 12.6 Å². The molecular formula is C13H19BrN2. The number of halogens is 1. The molecule has 0 spiro atoms. The van der Waals surface area contributed by atoms with Gasteiger partial charge in [0.25, 0.3) is 0 Å². The van der Waals surface area contributed by atoms with Gasteiger partial charge in [-0.05, 0) is 56.5 Å². The SMILES string of the molecule is Cc1cc(NCCC2CCCN2)ccc1Br. The van der Waals surface area contributed by atoms with Crippen molar-refractivity contribution in [2.45, 2.75) is 32.2 Å². The Kier molecular flexibility index (Phi) is 4.24. The largest absolute Gasteiger partial charge is 0.385 e. The average Bonchev–Trinajstić information content (AvgIpc) is 2.76. The van der Waals surface area contributed by atoms with E-state index in [9.17, 15) is 0 Å². The van der Waals surface area contributed by atoms with Crippen LogP contribution in [0.4, 0.5) is 5.69 Å². The zero-order valence-corrected chi connectivity index (χ0v) is 11.3. The summed E-state index contributed by atoms with van der Waals surface area (Å²) in [7, 11) is 0. The van der Waals surface area contributed by atoms with E-state index in [1.165, 1.54) is 41.5 Å². The fourth-order valence-corrected chi connectivity index (χ4v) is 2.40. The van der Waals surface area contributed by atoms with Crippen LogP contribution in [0.3, 0.4) is 0 Å². The van der Waals surface area contributed by atoms with Crippen molar-refractivity contribution in [3.8, 4) is 0 Å². The Morgan fingerprint density at radius 3 is 3.06 bits per heavy atom. The lowest BCUT2D eigenvalue weighted by atomic mass is 10.1. The lowest BCUT2D eigenvalue weighted by Gasteiger charge is -2.12. The molecule has 1 aromatic carbocycles. The Balaban J connectivity index is 1.78. The van der Waals surface area contributed by atoms with Gasteiger partial charge in [-0.1, -0.05) is 15.9 Å². The highest BCUT2D eigenvalue weighted by Crippen LogP contribution is 2.20. The first-order valence-corrected chi connectivity index (χ1v) is 6.78. The predicted octanol–water partition coefficient (Wildman–Crippen LogP) is 3.31. The molecule has 1 aliphatic heterocycles. The summed E-state index contributed by atoms with van der Waals surface area (Å²) in [6.07, 6.45) is 3.89. The van der Waals surface area contributed by atoms with Crippen molar-refractivity contribution in [2.24, 2.45) is 0 Å². The number of anilines is 1. The molecule has 1 fully saturated rings. The van der Waals surface area contributed by atoms with Crippen molar-refractivity contribution in [2.75, 3.05) is 18.4 Å². The summed E-state index contributed by atoms with van der Waals surface area (Å²) >= 11 is 3.51. The minimum absolute atomic E-state index is 0.726. The molecule has 2 N–H and O–H groups in total. The molecule has 1 aromatic rings. The summed E-state index contributed by atoms with van der Waals surface area (Å²) in [5.41, 5.74) is 2.50. The van der Waals surface area contributed by atoms with E-state index in [-0.39, 0.29) is 0 Å². The number of nitrogens with one attached hydrogen (secondary N) is 2. The second-order valence-corrected chi connectivity index (χ2v) is 5.33.